The van der Waals surface area contributed by atoms with E-state index in [-0.39, 0.29) is 11.0 Å². The Morgan fingerprint density at radius 2 is 1.58 bits per heavy atom. The van der Waals surface area contributed by atoms with Gasteiger partial charge in [-0.1, -0.05) is 59.6 Å². The number of nitrogens with zero attached hydrogens (tertiary/aromatic N) is 1. The van der Waals surface area contributed by atoms with Crippen molar-refractivity contribution in [1.29, 1.82) is 0 Å². The third kappa shape index (κ3) is 5.34. The molecule has 0 aliphatic heterocycles. The molecular formula is C25H19ClN4O2S. The SMILES string of the molecule is Cc1ccc(C(=O)NNC(=S)NC(=O)c2cc(-c3ccc(Cl)cc3)nc3ccccc23)cc1. The minimum atomic E-state index is -0.425. The molecule has 33 heavy (non-hydrogen) atoms. The van der Waals surface area contributed by atoms with E-state index in [2.05, 4.69) is 21.2 Å². The number of hydrazine groups is 1. The highest BCUT2D eigenvalue weighted by atomic mass is 35.5. The zero-order valence-corrected chi connectivity index (χ0v) is 19.1. The molecule has 0 atom stereocenters. The number of amides is 2. The Morgan fingerprint density at radius 3 is 2.30 bits per heavy atom. The van der Waals surface area contributed by atoms with Crippen LogP contribution in [-0.2, 0) is 0 Å². The van der Waals surface area contributed by atoms with Crippen molar-refractivity contribution in [2.24, 2.45) is 0 Å². The van der Waals surface area contributed by atoms with Crippen LogP contribution in [0.1, 0.15) is 26.3 Å². The summed E-state index contributed by atoms with van der Waals surface area (Å²) in [5, 5.41) is 3.87. The predicted octanol–water partition coefficient (Wildman–Crippen LogP) is 4.81. The molecule has 8 heteroatoms. The lowest BCUT2D eigenvalue weighted by Crippen LogP contribution is -2.48. The number of fused-ring (bicyclic) bond motifs is 1. The number of thiocarbonyl (C=S) groups is 1. The van der Waals surface area contributed by atoms with Crippen molar-refractivity contribution >= 4 is 51.6 Å². The number of aryl methyl sites for hydroxylation is 1. The standard InChI is InChI=1S/C25H19ClN4O2S/c1-15-6-8-17(9-7-15)23(31)29-30-25(33)28-24(32)20-14-22(16-10-12-18(26)13-11-16)27-21-5-3-2-4-19(20)21/h2-14H,1H3,(H,29,31)(H2,28,30,32,33). The van der Waals surface area contributed by atoms with Gasteiger partial charge in [0.05, 0.1) is 16.8 Å². The number of halogens is 1. The molecule has 1 heterocycles. The van der Waals surface area contributed by atoms with Crippen molar-refractivity contribution in [1.82, 2.24) is 21.2 Å². The first-order valence-electron chi connectivity index (χ1n) is 10.0. The van der Waals surface area contributed by atoms with Crippen molar-refractivity contribution in [2.75, 3.05) is 0 Å². The fraction of sp³-hybridized carbons (Fsp3) is 0.0400. The lowest BCUT2D eigenvalue weighted by Gasteiger charge is -2.13. The molecule has 0 saturated heterocycles. The second-order valence-electron chi connectivity index (χ2n) is 7.31. The monoisotopic (exact) mass is 474 g/mol. The smallest absolute Gasteiger partial charge is 0.269 e. The summed E-state index contributed by atoms with van der Waals surface area (Å²) in [5.41, 5.74) is 9.09. The molecule has 164 valence electrons. The highest BCUT2D eigenvalue weighted by molar-refractivity contribution is 7.80. The van der Waals surface area contributed by atoms with Gasteiger partial charge in [0.15, 0.2) is 5.11 Å². The zero-order chi connectivity index (χ0) is 23.4. The fourth-order valence-electron chi connectivity index (χ4n) is 3.22. The van der Waals surface area contributed by atoms with Gasteiger partial charge in [-0.2, -0.15) is 0 Å². The van der Waals surface area contributed by atoms with Gasteiger partial charge in [0.1, 0.15) is 0 Å². The molecule has 0 bridgehead atoms. The molecule has 0 aliphatic carbocycles. The first-order chi connectivity index (χ1) is 15.9. The number of rotatable bonds is 3. The largest absolute Gasteiger partial charge is 0.298 e. The number of hydrogen-bond donors (Lipinski definition) is 3. The molecule has 3 aromatic carbocycles. The number of nitrogens with one attached hydrogen (secondary N) is 3. The minimum Gasteiger partial charge on any atom is -0.298 e. The summed E-state index contributed by atoms with van der Waals surface area (Å²) in [5.74, 6) is -0.795. The van der Waals surface area contributed by atoms with Gasteiger partial charge in [0.25, 0.3) is 11.8 Å². The van der Waals surface area contributed by atoms with E-state index in [1.165, 1.54) is 0 Å². The molecule has 0 radical (unpaired) electrons. The minimum absolute atomic E-state index is 0.0330. The van der Waals surface area contributed by atoms with Crippen LogP contribution in [0.3, 0.4) is 0 Å². The maximum absolute atomic E-state index is 13.1. The number of pyridine rings is 1. The maximum atomic E-state index is 13.1. The first kappa shape index (κ1) is 22.4. The summed E-state index contributed by atoms with van der Waals surface area (Å²) < 4.78 is 0. The molecular weight excluding hydrogens is 456 g/mol. The van der Waals surface area contributed by atoms with Crippen molar-refractivity contribution < 1.29 is 9.59 Å². The van der Waals surface area contributed by atoms with Gasteiger partial charge in [-0.15, -0.1) is 0 Å². The molecule has 0 unspecified atom stereocenters. The topological polar surface area (TPSA) is 83.1 Å². The van der Waals surface area contributed by atoms with Crippen LogP contribution in [-0.4, -0.2) is 21.9 Å². The number of aromatic nitrogens is 1. The summed E-state index contributed by atoms with van der Waals surface area (Å²) in [7, 11) is 0. The molecule has 2 amide bonds. The van der Waals surface area contributed by atoms with Gasteiger partial charge in [0.2, 0.25) is 0 Å². The van der Waals surface area contributed by atoms with E-state index in [0.717, 1.165) is 11.1 Å². The highest BCUT2D eigenvalue weighted by Crippen LogP contribution is 2.26. The molecule has 4 rings (SSSR count). The summed E-state index contributed by atoms with van der Waals surface area (Å²) in [6.07, 6.45) is 0. The predicted molar refractivity (Wildman–Crippen MR) is 134 cm³/mol. The first-order valence-corrected chi connectivity index (χ1v) is 10.8. The third-order valence-electron chi connectivity index (χ3n) is 4.93. The van der Waals surface area contributed by atoms with Gasteiger partial charge >= 0.3 is 0 Å². The molecule has 6 nitrogen and oxygen atoms in total. The Hall–Kier alpha value is -3.81. The average molecular weight is 475 g/mol. The van der Waals surface area contributed by atoms with Crippen LogP contribution in [0.4, 0.5) is 0 Å². The molecule has 1 aromatic heterocycles. The maximum Gasteiger partial charge on any atom is 0.269 e. The van der Waals surface area contributed by atoms with E-state index < -0.39 is 5.91 Å². The molecule has 0 spiro atoms. The molecule has 0 saturated carbocycles. The van der Waals surface area contributed by atoms with E-state index in [1.54, 1.807) is 30.3 Å². The van der Waals surface area contributed by atoms with E-state index in [0.29, 0.717) is 32.7 Å². The van der Waals surface area contributed by atoms with Crippen LogP contribution < -0.4 is 16.2 Å². The van der Waals surface area contributed by atoms with Gasteiger partial charge in [-0.25, -0.2) is 4.98 Å². The molecule has 0 aliphatic rings. The lowest BCUT2D eigenvalue weighted by molar-refractivity contribution is 0.0935. The Kier molecular flexibility index (Phi) is 6.63. The Labute approximate surface area is 201 Å². The van der Waals surface area contributed by atoms with Gasteiger partial charge in [-0.05, 0) is 55.5 Å². The van der Waals surface area contributed by atoms with Crippen LogP contribution in [0.25, 0.3) is 22.2 Å². The number of carbonyl (C=O) groups excluding carboxylic acids is 2. The van der Waals surface area contributed by atoms with E-state index >= 15 is 0 Å². The summed E-state index contributed by atoms with van der Waals surface area (Å²) in [4.78, 5) is 30.0. The van der Waals surface area contributed by atoms with Crippen LogP contribution >= 0.6 is 23.8 Å². The summed E-state index contributed by atoms with van der Waals surface area (Å²) in [6, 6.07) is 23.3. The van der Waals surface area contributed by atoms with Gasteiger partial charge in [0, 0.05) is 21.5 Å². The normalized spacial score (nSPS) is 10.5. The van der Waals surface area contributed by atoms with Crippen molar-refractivity contribution in [3.05, 3.63) is 101 Å². The third-order valence-corrected chi connectivity index (χ3v) is 5.39. The number of hydrogen-bond acceptors (Lipinski definition) is 4. The fourth-order valence-corrected chi connectivity index (χ4v) is 3.49. The van der Waals surface area contributed by atoms with Crippen molar-refractivity contribution in [2.45, 2.75) is 6.92 Å². The summed E-state index contributed by atoms with van der Waals surface area (Å²) >= 11 is 11.2. The number of para-hydroxylation sites is 1. The van der Waals surface area contributed by atoms with Crippen molar-refractivity contribution in [3.8, 4) is 11.3 Å². The van der Waals surface area contributed by atoms with E-state index in [4.69, 9.17) is 23.8 Å². The molecule has 0 fully saturated rings. The van der Waals surface area contributed by atoms with Gasteiger partial charge in [-0.3, -0.25) is 25.8 Å². The lowest BCUT2D eigenvalue weighted by atomic mass is 10.0. The zero-order valence-electron chi connectivity index (χ0n) is 17.6. The number of carbonyl (C=O) groups is 2. The van der Waals surface area contributed by atoms with Crippen LogP contribution in [0, 0.1) is 6.92 Å². The molecule has 4 aromatic rings. The quantitative estimate of drug-likeness (QED) is 0.293. The Balaban J connectivity index is 1.52. The second-order valence-corrected chi connectivity index (χ2v) is 8.15. The van der Waals surface area contributed by atoms with E-state index in [9.17, 15) is 9.59 Å². The van der Waals surface area contributed by atoms with Crippen LogP contribution in [0.5, 0.6) is 0 Å². The average Bonchev–Trinajstić information content (AvgIpc) is 2.82. The Morgan fingerprint density at radius 1 is 0.879 bits per heavy atom. The summed E-state index contributed by atoms with van der Waals surface area (Å²) in [6.45, 7) is 1.94. The van der Waals surface area contributed by atoms with Crippen LogP contribution in [0.15, 0.2) is 78.9 Å². The Bertz CT molecular complexity index is 1360. The highest BCUT2D eigenvalue weighted by Gasteiger charge is 2.15. The van der Waals surface area contributed by atoms with Gasteiger partial charge < -0.3 is 0 Å². The number of benzene rings is 3. The second kappa shape index (κ2) is 9.77. The van der Waals surface area contributed by atoms with E-state index in [1.807, 2.05) is 55.5 Å². The van der Waals surface area contributed by atoms with Crippen molar-refractivity contribution in [3.63, 3.8) is 0 Å². The van der Waals surface area contributed by atoms with Crippen LogP contribution in [0.2, 0.25) is 5.02 Å². The molecule has 3 N–H and O–H groups in total.